The number of halogens is 2. The molecule has 0 saturated heterocycles. The molecule has 1 aromatic heterocycles. The van der Waals surface area contributed by atoms with Crippen LogP contribution in [0.5, 0.6) is 0 Å². The quantitative estimate of drug-likeness (QED) is 0.886. The fraction of sp³-hybridized carbons (Fsp3) is 0.455. The first-order chi connectivity index (χ1) is 9.49. The van der Waals surface area contributed by atoms with E-state index in [2.05, 4.69) is 10.3 Å². The smallest absolute Gasteiger partial charge is 0.413 e. The summed E-state index contributed by atoms with van der Waals surface area (Å²) in [7, 11) is -4.75. The summed E-state index contributed by atoms with van der Waals surface area (Å²) >= 11 is 0. The van der Waals surface area contributed by atoms with Crippen molar-refractivity contribution >= 4 is 27.6 Å². The molecule has 0 saturated carbocycles. The second-order valence-corrected chi connectivity index (χ2v) is 6.62. The Hall–Kier alpha value is -1.97. The van der Waals surface area contributed by atoms with Gasteiger partial charge in [0.15, 0.2) is 0 Å². The Morgan fingerprint density at radius 3 is 2.38 bits per heavy atom. The molecule has 0 atom stereocenters. The van der Waals surface area contributed by atoms with Gasteiger partial charge in [0, 0.05) is 0 Å². The van der Waals surface area contributed by atoms with Crippen LogP contribution < -0.4 is 10.0 Å². The van der Waals surface area contributed by atoms with Gasteiger partial charge in [0.2, 0.25) is 0 Å². The number of carbonyl (C=O) groups is 1. The summed E-state index contributed by atoms with van der Waals surface area (Å²) < 4.78 is 52.8. The molecule has 10 heteroatoms. The highest BCUT2D eigenvalue weighted by molar-refractivity contribution is 7.93. The van der Waals surface area contributed by atoms with Crippen LogP contribution in [-0.2, 0) is 14.8 Å². The topological polar surface area (TPSA) is 97.4 Å². The zero-order valence-corrected chi connectivity index (χ0v) is 12.4. The average Bonchev–Trinajstić information content (AvgIpc) is 2.28. The molecule has 118 valence electrons. The van der Waals surface area contributed by atoms with Crippen molar-refractivity contribution in [2.45, 2.75) is 32.1 Å². The first kappa shape index (κ1) is 17.1. The summed E-state index contributed by atoms with van der Waals surface area (Å²) in [5.74, 6) is -3.46. The number of nitrogens with zero attached hydrogens (tertiary/aromatic N) is 1. The molecule has 0 aliphatic rings. The minimum absolute atomic E-state index is 0.0873. The fourth-order valence-electron chi connectivity index (χ4n) is 1.15. The van der Waals surface area contributed by atoms with Gasteiger partial charge in [0.1, 0.15) is 11.4 Å². The molecule has 21 heavy (non-hydrogen) atoms. The zero-order valence-electron chi connectivity index (χ0n) is 11.6. The van der Waals surface area contributed by atoms with Crippen LogP contribution in [-0.4, -0.2) is 30.9 Å². The van der Waals surface area contributed by atoms with Gasteiger partial charge in [0.25, 0.3) is 10.0 Å². The number of rotatable bonds is 4. The molecule has 0 aliphatic heterocycles. The van der Waals surface area contributed by atoms with Gasteiger partial charge >= 0.3 is 11.9 Å². The summed E-state index contributed by atoms with van der Waals surface area (Å²) in [6.45, 7) is 5.05. The predicted octanol–water partition coefficient (Wildman–Crippen LogP) is 2.39. The second-order valence-electron chi connectivity index (χ2n) is 4.97. The van der Waals surface area contributed by atoms with Crippen molar-refractivity contribution in [3.05, 3.63) is 18.3 Å². The number of anilines is 2. The van der Waals surface area contributed by atoms with Crippen molar-refractivity contribution in [1.29, 1.82) is 0 Å². The van der Waals surface area contributed by atoms with Crippen molar-refractivity contribution in [3.8, 4) is 0 Å². The molecule has 1 heterocycles. The van der Waals surface area contributed by atoms with Gasteiger partial charge in [-0.1, -0.05) is 0 Å². The van der Waals surface area contributed by atoms with Crippen molar-refractivity contribution in [3.63, 3.8) is 0 Å². The SMILES string of the molecule is CC(C)(C)OC(=O)Nc1ccc(NS(=O)(=O)C(F)F)cn1. The van der Waals surface area contributed by atoms with Crippen molar-refractivity contribution < 1.29 is 26.7 Å². The van der Waals surface area contributed by atoms with Gasteiger partial charge in [0.05, 0.1) is 11.9 Å². The van der Waals surface area contributed by atoms with Gasteiger partial charge in [-0.3, -0.25) is 10.0 Å². The highest BCUT2D eigenvalue weighted by Crippen LogP contribution is 2.15. The molecule has 0 unspecified atom stereocenters. The van der Waals surface area contributed by atoms with E-state index in [0.717, 1.165) is 6.20 Å². The molecule has 0 aliphatic carbocycles. The number of sulfonamides is 1. The lowest BCUT2D eigenvalue weighted by Crippen LogP contribution is -2.27. The summed E-state index contributed by atoms with van der Waals surface area (Å²) in [4.78, 5) is 15.2. The monoisotopic (exact) mass is 323 g/mol. The highest BCUT2D eigenvalue weighted by Gasteiger charge is 2.23. The number of carbonyl (C=O) groups excluding carboxylic acids is 1. The molecule has 2 N–H and O–H groups in total. The normalized spacial score (nSPS) is 12.1. The van der Waals surface area contributed by atoms with Crippen molar-refractivity contribution in [2.24, 2.45) is 0 Å². The maximum absolute atomic E-state index is 12.2. The highest BCUT2D eigenvalue weighted by atomic mass is 32.2. The fourth-order valence-corrected chi connectivity index (χ4v) is 1.68. The molecular formula is C11H15F2N3O4S. The van der Waals surface area contributed by atoms with Crippen LogP contribution in [0.3, 0.4) is 0 Å². The van der Waals surface area contributed by atoms with E-state index in [0.29, 0.717) is 0 Å². The second kappa shape index (κ2) is 6.20. The van der Waals surface area contributed by atoms with Gasteiger partial charge < -0.3 is 4.74 Å². The van der Waals surface area contributed by atoms with Gasteiger partial charge in [-0.15, -0.1) is 0 Å². The first-order valence-corrected chi connectivity index (χ1v) is 7.30. The third-order valence-corrected chi connectivity index (χ3v) is 2.88. The molecule has 0 spiro atoms. The van der Waals surface area contributed by atoms with E-state index in [-0.39, 0.29) is 11.5 Å². The lowest BCUT2D eigenvalue weighted by molar-refractivity contribution is 0.0635. The molecule has 7 nitrogen and oxygen atoms in total. The van der Waals surface area contributed by atoms with E-state index in [1.165, 1.54) is 12.1 Å². The van der Waals surface area contributed by atoms with Crippen LogP contribution in [0.4, 0.5) is 25.1 Å². The van der Waals surface area contributed by atoms with Gasteiger partial charge in [-0.2, -0.15) is 8.78 Å². The average molecular weight is 323 g/mol. The number of ether oxygens (including phenoxy) is 1. The molecular weight excluding hydrogens is 308 g/mol. The van der Waals surface area contributed by atoms with Crippen molar-refractivity contribution in [1.82, 2.24) is 4.98 Å². The van der Waals surface area contributed by atoms with Gasteiger partial charge in [-0.05, 0) is 32.9 Å². The van der Waals surface area contributed by atoms with Crippen molar-refractivity contribution in [2.75, 3.05) is 10.0 Å². The van der Waals surface area contributed by atoms with E-state index >= 15 is 0 Å². The number of amides is 1. The number of alkyl halides is 2. The van der Waals surface area contributed by atoms with E-state index in [1.807, 2.05) is 0 Å². The summed E-state index contributed by atoms with van der Waals surface area (Å²) in [5, 5.41) is 2.31. The van der Waals surface area contributed by atoms with Crippen LogP contribution >= 0.6 is 0 Å². The Bertz CT molecular complexity index is 597. The zero-order chi connectivity index (χ0) is 16.3. The van der Waals surface area contributed by atoms with E-state index in [9.17, 15) is 22.0 Å². The minimum Gasteiger partial charge on any atom is -0.444 e. The molecule has 1 amide bonds. The number of pyridine rings is 1. The Balaban J connectivity index is 2.69. The van der Waals surface area contributed by atoms with Crippen LogP contribution in [0.25, 0.3) is 0 Å². The lowest BCUT2D eigenvalue weighted by Gasteiger charge is -2.19. The third-order valence-electron chi connectivity index (χ3n) is 1.89. The van der Waals surface area contributed by atoms with E-state index in [4.69, 9.17) is 4.74 Å². The summed E-state index contributed by atoms with van der Waals surface area (Å²) in [6, 6.07) is 2.42. The largest absolute Gasteiger partial charge is 0.444 e. The maximum atomic E-state index is 12.2. The minimum atomic E-state index is -4.75. The number of hydrogen-bond donors (Lipinski definition) is 2. The number of nitrogens with one attached hydrogen (secondary N) is 2. The standard InChI is InChI=1S/C11H15F2N3O4S/c1-11(2,3)20-10(17)15-8-5-4-7(6-14-8)16-21(18,19)9(12)13/h4-6,9,16H,1-3H3,(H,14,15,17). The Morgan fingerprint density at radius 2 is 1.95 bits per heavy atom. The Kier molecular flexibility index (Phi) is 5.05. The lowest BCUT2D eigenvalue weighted by atomic mass is 10.2. The number of hydrogen-bond acceptors (Lipinski definition) is 5. The molecule has 0 fully saturated rings. The van der Waals surface area contributed by atoms with Crippen LogP contribution in [0.1, 0.15) is 20.8 Å². The van der Waals surface area contributed by atoms with Gasteiger partial charge in [-0.25, -0.2) is 18.2 Å². The Labute approximate surface area is 120 Å². The number of aromatic nitrogens is 1. The summed E-state index contributed by atoms with van der Waals surface area (Å²) in [5.41, 5.74) is -0.832. The molecule has 0 bridgehead atoms. The molecule has 1 rings (SSSR count). The van der Waals surface area contributed by atoms with E-state index < -0.39 is 27.5 Å². The van der Waals surface area contributed by atoms with Crippen LogP contribution in [0, 0.1) is 0 Å². The third kappa shape index (κ3) is 5.90. The van der Waals surface area contributed by atoms with E-state index in [1.54, 1.807) is 25.5 Å². The predicted molar refractivity (Wildman–Crippen MR) is 72.6 cm³/mol. The van der Waals surface area contributed by atoms with Crippen LogP contribution in [0.15, 0.2) is 18.3 Å². The maximum Gasteiger partial charge on any atom is 0.413 e. The molecule has 0 radical (unpaired) electrons. The first-order valence-electron chi connectivity index (χ1n) is 5.75. The van der Waals surface area contributed by atoms with Crippen LogP contribution in [0.2, 0.25) is 0 Å². The molecule has 1 aromatic rings. The Morgan fingerprint density at radius 1 is 1.33 bits per heavy atom. The molecule has 0 aromatic carbocycles. The summed E-state index contributed by atoms with van der Waals surface area (Å²) in [6.07, 6.45) is 0.253.